The smallest absolute Gasteiger partial charge is 0.234 e. The Morgan fingerprint density at radius 1 is 1.12 bits per heavy atom. The number of carbonyl (C=O) groups excluding carboxylic acids is 2. The van der Waals surface area contributed by atoms with Crippen molar-refractivity contribution >= 4 is 34.8 Å². The van der Waals surface area contributed by atoms with Gasteiger partial charge in [0.1, 0.15) is 12.0 Å². The highest BCUT2D eigenvalue weighted by atomic mass is 35.5. The lowest BCUT2D eigenvalue weighted by Crippen LogP contribution is -2.40. The van der Waals surface area contributed by atoms with E-state index >= 15 is 4.39 Å². The van der Waals surface area contributed by atoms with Crippen LogP contribution in [-0.2, 0) is 20.7 Å². The van der Waals surface area contributed by atoms with E-state index in [2.05, 4.69) is 12.2 Å². The standard InChI is InChI=1S/C31H38ClF2N3O3/c1-18-8-10-23(11-9-18)40-17-22-14-21(33)16-37(22)29(38)13-20-12-25(32)27(15-26(20)34)35-31(39)30-19(2)36(3)28-7-5-4-6-24(28)30/h4-7,12,15,18-19,21-23,30H,8-11,13-14,16-17H2,1-3H3,(H,35,39)/t18?,19?,21-,22-,23?,30?/m0/s1. The number of nitrogens with zero attached hydrogens (tertiary/aromatic N) is 2. The number of rotatable bonds is 7. The van der Waals surface area contributed by atoms with E-state index in [0.29, 0.717) is 5.92 Å². The Hall–Kier alpha value is -2.71. The molecule has 3 aliphatic rings. The molecule has 1 saturated heterocycles. The van der Waals surface area contributed by atoms with Gasteiger partial charge in [0.2, 0.25) is 11.8 Å². The Balaban J connectivity index is 1.23. The molecule has 2 unspecified atom stereocenters. The SMILES string of the molecule is CC1CCC(OC[C@@H]2C[C@H](F)CN2C(=O)Cc2cc(Cl)c(NC(=O)C3c4ccccc4N(C)C3C)cc2F)CC1. The Bertz CT molecular complexity index is 1250. The lowest BCUT2D eigenvalue weighted by Gasteiger charge is -2.30. The van der Waals surface area contributed by atoms with Crippen molar-refractivity contribution in [2.75, 3.05) is 30.4 Å². The molecule has 1 saturated carbocycles. The van der Waals surface area contributed by atoms with Gasteiger partial charge >= 0.3 is 0 Å². The fourth-order valence-corrected chi connectivity index (χ4v) is 6.63. The lowest BCUT2D eigenvalue weighted by molar-refractivity contribution is -0.133. The molecule has 0 radical (unpaired) electrons. The molecule has 2 heterocycles. The number of hydrogen-bond donors (Lipinski definition) is 1. The summed E-state index contributed by atoms with van der Waals surface area (Å²) in [5.41, 5.74) is 2.14. The third-order valence-electron chi connectivity index (χ3n) is 8.93. The number of benzene rings is 2. The third kappa shape index (κ3) is 5.98. The summed E-state index contributed by atoms with van der Waals surface area (Å²) in [7, 11) is 1.94. The normalized spacial score (nSPS) is 28.1. The molecule has 2 aromatic rings. The monoisotopic (exact) mass is 573 g/mol. The van der Waals surface area contributed by atoms with Crippen LogP contribution in [0.5, 0.6) is 0 Å². The molecule has 5 rings (SSSR count). The van der Waals surface area contributed by atoms with Crippen LogP contribution in [0.1, 0.15) is 63.0 Å². The molecule has 216 valence electrons. The van der Waals surface area contributed by atoms with Crippen LogP contribution in [0, 0.1) is 11.7 Å². The summed E-state index contributed by atoms with van der Waals surface area (Å²) in [6.07, 6.45) is 3.19. The minimum absolute atomic E-state index is 0.0203. The molecule has 9 heteroatoms. The number of likely N-dealkylation sites (tertiary alicyclic amines) is 1. The molecule has 0 bridgehead atoms. The number of carbonyl (C=O) groups is 2. The third-order valence-corrected chi connectivity index (χ3v) is 9.25. The zero-order valence-electron chi connectivity index (χ0n) is 23.3. The van der Waals surface area contributed by atoms with Gasteiger partial charge < -0.3 is 19.9 Å². The van der Waals surface area contributed by atoms with E-state index in [4.69, 9.17) is 16.3 Å². The average Bonchev–Trinajstić information content (AvgIpc) is 3.43. The molecule has 2 amide bonds. The van der Waals surface area contributed by atoms with Crippen LogP contribution >= 0.6 is 11.6 Å². The molecule has 2 aliphatic heterocycles. The number of likely N-dealkylation sites (N-methyl/N-ethyl adjacent to an activating group) is 1. The first-order chi connectivity index (χ1) is 19.1. The maximum Gasteiger partial charge on any atom is 0.234 e. The van der Waals surface area contributed by atoms with E-state index < -0.39 is 17.9 Å². The molecule has 1 N–H and O–H groups in total. The molecule has 4 atom stereocenters. The molecular weight excluding hydrogens is 536 g/mol. The van der Waals surface area contributed by atoms with Gasteiger partial charge in [-0.25, -0.2) is 8.78 Å². The number of halogens is 3. The van der Waals surface area contributed by atoms with Crippen LogP contribution in [0.3, 0.4) is 0 Å². The van der Waals surface area contributed by atoms with Crippen LogP contribution in [0.2, 0.25) is 5.02 Å². The van der Waals surface area contributed by atoms with Crippen LogP contribution in [0.4, 0.5) is 20.2 Å². The van der Waals surface area contributed by atoms with Crippen molar-refractivity contribution in [3.8, 4) is 0 Å². The number of ether oxygens (including phenoxy) is 1. The maximum atomic E-state index is 15.2. The molecular formula is C31H38ClF2N3O3. The van der Waals surface area contributed by atoms with Crippen molar-refractivity contribution in [3.05, 3.63) is 58.4 Å². The summed E-state index contributed by atoms with van der Waals surface area (Å²) in [5, 5.41) is 2.92. The minimum Gasteiger partial charge on any atom is -0.376 e. The molecule has 6 nitrogen and oxygen atoms in total. The first kappa shape index (κ1) is 28.8. The molecule has 2 aromatic carbocycles. The van der Waals surface area contributed by atoms with Gasteiger partial charge in [-0.3, -0.25) is 9.59 Å². The van der Waals surface area contributed by atoms with Gasteiger partial charge in [0.25, 0.3) is 0 Å². The first-order valence-corrected chi connectivity index (χ1v) is 14.7. The van der Waals surface area contributed by atoms with Crippen molar-refractivity contribution in [2.24, 2.45) is 5.92 Å². The summed E-state index contributed by atoms with van der Waals surface area (Å²) < 4.78 is 35.6. The van der Waals surface area contributed by atoms with Crippen LogP contribution < -0.4 is 10.2 Å². The van der Waals surface area contributed by atoms with Crippen molar-refractivity contribution in [3.63, 3.8) is 0 Å². The quantitative estimate of drug-likeness (QED) is 0.434. The predicted molar refractivity (Wildman–Crippen MR) is 153 cm³/mol. The fourth-order valence-electron chi connectivity index (χ4n) is 6.40. The predicted octanol–water partition coefficient (Wildman–Crippen LogP) is 6.12. The second-order valence-corrected chi connectivity index (χ2v) is 12.1. The average molecular weight is 574 g/mol. The summed E-state index contributed by atoms with van der Waals surface area (Å²) in [4.78, 5) is 30.0. The van der Waals surface area contributed by atoms with Gasteiger partial charge in [0.05, 0.1) is 48.3 Å². The number of para-hydroxylation sites is 1. The first-order valence-electron chi connectivity index (χ1n) is 14.3. The number of hydrogen-bond acceptors (Lipinski definition) is 4. The minimum atomic E-state index is -1.13. The van der Waals surface area contributed by atoms with Gasteiger partial charge in [-0.1, -0.05) is 36.7 Å². The fraction of sp³-hybridized carbons (Fsp3) is 0.548. The Kier molecular flexibility index (Phi) is 8.66. The molecule has 1 aliphatic carbocycles. The van der Waals surface area contributed by atoms with Crippen molar-refractivity contribution in [1.29, 1.82) is 0 Å². The number of fused-ring (bicyclic) bond motifs is 1. The molecule has 2 fully saturated rings. The highest BCUT2D eigenvalue weighted by Crippen LogP contribution is 2.41. The summed E-state index contributed by atoms with van der Waals surface area (Å²) >= 11 is 6.46. The molecule has 0 spiro atoms. The lowest BCUT2D eigenvalue weighted by atomic mass is 9.89. The molecule has 0 aromatic heterocycles. The van der Waals surface area contributed by atoms with Gasteiger partial charge in [0, 0.05) is 25.2 Å². The van der Waals surface area contributed by atoms with E-state index in [9.17, 15) is 14.0 Å². The van der Waals surface area contributed by atoms with Gasteiger partial charge in [-0.15, -0.1) is 0 Å². The summed E-state index contributed by atoms with van der Waals surface area (Å²) in [5.74, 6) is -1.04. The number of nitrogens with one attached hydrogen (secondary N) is 1. The van der Waals surface area contributed by atoms with Crippen molar-refractivity contribution < 1.29 is 23.1 Å². The van der Waals surface area contributed by atoms with E-state index in [1.54, 1.807) is 0 Å². The van der Waals surface area contributed by atoms with E-state index in [-0.39, 0.29) is 72.3 Å². The van der Waals surface area contributed by atoms with Gasteiger partial charge in [-0.05, 0) is 67.9 Å². The van der Waals surface area contributed by atoms with Gasteiger partial charge in [0.15, 0.2) is 0 Å². The van der Waals surface area contributed by atoms with Crippen molar-refractivity contribution in [1.82, 2.24) is 4.90 Å². The Morgan fingerprint density at radius 3 is 2.60 bits per heavy atom. The van der Waals surface area contributed by atoms with Crippen LogP contribution in [0.25, 0.3) is 0 Å². The van der Waals surface area contributed by atoms with Crippen molar-refractivity contribution in [2.45, 2.75) is 82.6 Å². The largest absolute Gasteiger partial charge is 0.376 e. The van der Waals surface area contributed by atoms with Crippen LogP contribution in [0.15, 0.2) is 36.4 Å². The highest BCUT2D eigenvalue weighted by Gasteiger charge is 2.39. The summed E-state index contributed by atoms with van der Waals surface area (Å²) in [6.45, 7) is 4.47. The number of amides is 2. The van der Waals surface area contributed by atoms with E-state index in [1.807, 2.05) is 43.1 Å². The van der Waals surface area contributed by atoms with Gasteiger partial charge in [-0.2, -0.15) is 0 Å². The zero-order valence-corrected chi connectivity index (χ0v) is 24.1. The summed E-state index contributed by atoms with van der Waals surface area (Å²) in [6, 6.07) is 9.79. The Labute approximate surface area is 240 Å². The van der Waals surface area contributed by atoms with Crippen LogP contribution in [-0.4, -0.2) is 61.3 Å². The van der Waals surface area contributed by atoms with E-state index in [0.717, 1.165) is 43.0 Å². The highest BCUT2D eigenvalue weighted by molar-refractivity contribution is 6.33. The zero-order chi connectivity index (χ0) is 28.6. The second-order valence-electron chi connectivity index (χ2n) is 11.7. The second kappa shape index (κ2) is 12.0. The topological polar surface area (TPSA) is 61.9 Å². The maximum absolute atomic E-state index is 15.2. The Morgan fingerprint density at radius 2 is 1.85 bits per heavy atom. The molecule has 40 heavy (non-hydrogen) atoms. The number of anilines is 2. The van der Waals surface area contributed by atoms with E-state index in [1.165, 1.54) is 11.0 Å². The number of alkyl halides is 1.